The van der Waals surface area contributed by atoms with Gasteiger partial charge in [-0.05, 0) is 51.1 Å². The first-order chi connectivity index (χ1) is 10.7. The van der Waals surface area contributed by atoms with Crippen LogP contribution in [-0.4, -0.2) is 4.70 Å². The van der Waals surface area contributed by atoms with Gasteiger partial charge in [0.1, 0.15) is 0 Å². The maximum absolute atomic E-state index is 2.26. The number of benzene rings is 2. The van der Waals surface area contributed by atoms with Crippen molar-refractivity contribution >= 4 is 27.8 Å². The van der Waals surface area contributed by atoms with E-state index in [1.165, 1.54) is 32.3 Å². The Morgan fingerprint density at radius 3 is 1.57 bits per heavy atom. The number of thiol groups is 1. The Hall–Kier alpha value is -0.990. The van der Waals surface area contributed by atoms with E-state index in [4.69, 9.17) is 0 Å². The van der Waals surface area contributed by atoms with Gasteiger partial charge < -0.3 is 0 Å². The molecule has 0 bridgehead atoms. The second-order valence-electron chi connectivity index (χ2n) is 7.92. The third-order valence-corrected chi connectivity index (χ3v) is 5.83. The highest BCUT2D eigenvalue weighted by atomic mass is 32.2. The fourth-order valence-corrected chi connectivity index (χ4v) is 4.03. The van der Waals surface area contributed by atoms with E-state index in [0.29, 0.717) is 0 Å². The zero-order chi connectivity index (χ0) is 17.1. The first-order valence-electron chi connectivity index (χ1n) is 8.06. The Balaban J connectivity index is 1.99. The van der Waals surface area contributed by atoms with Gasteiger partial charge in [-0.15, -0.1) is 0 Å². The van der Waals surface area contributed by atoms with Gasteiger partial charge in [0.05, 0.1) is 0 Å². The van der Waals surface area contributed by atoms with E-state index < -0.39 is 0 Å². The van der Waals surface area contributed by atoms with Gasteiger partial charge in [0.25, 0.3) is 0 Å². The molecule has 2 rings (SSSR count). The molecule has 0 nitrogen and oxygen atoms in total. The second kappa shape index (κ2) is 7.27. The SMILES string of the molecule is CC(C)(C)c1ccc(SC=[SH]c2ccc(C(C)(C)C)cc2)cc1. The zero-order valence-electron chi connectivity index (χ0n) is 15.1. The second-order valence-corrected chi connectivity index (χ2v) is 10.2. The number of thioether (sulfide) groups is 1. The summed E-state index contributed by atoms with van der Waals surface area (Å²) in [5, 5.41) is 0. The van der Waals surface area contributed by atoms with Crippen LogP contribution < -0.4 is 0 Å². The van der Waals surface area contributed by atoms with Crippen LogP contribution in [0.4, 0.5) is 0 Å². The van der Waals surface area contributed by atoms with Crippen molar-refractivity contribution in [3.05, 3.63) is 59.7 Å². The van der Waals surface area contributed by atoms with E-state index in [1.54, 1.807) is 11.8 Å². The molecule has 0 radical (unpaired) electrons. The monoisotopic (exact) mass is 344 g/mol. The first-order valence-corrected chi connectivity index (χ1v) is 9.91. The van der Waals surface area contributed by atoms with Crippen LogP contribution in [0.3, 0.4) is 0 Å². The van der Waals surface area contributed by atoms with Gasteiger partial charge in [0.2, 0.25) is 0 Å². The van der Waals surface area contributed by atoms with Crippen molar-refractivity contribution in [1.82, 2.24) is 0 Å². The van der Waals surface area contributed by atoms with Crippen LogP contribution in [0.2, 0.25) is 0 Å². The summed E-state index contributed by atoms with van der Waals surface area (Å²) >= 11 is 3.07. The normalized spacial score (nSPS) is 13.1. The minimum atomic E-state index is 0.222. The largest absolute Gasteiger partial charge is 0.163 e. The number of rotatable bonds is 3. The van der Waals surface area contributed by atoms with Crippen molar-refractivity contribution in [2.75, 3.05) is 0 Å². The van der Waals surface area contributed by atoms with Crippen LogP contribution in [-0.2, 0) is 10.8 Å². The average molecular weight is 345 g/mol. The highest BCUT2D eigenvalue weighted by Crippen LogP contribution is 2.27. The molecule has 0 N–H and O–H groups in total. The van der Waals surface area contributed by atoms with Gasteiger partial charge >= 0.3 is 0 Å². The molecular weight excluding hydrogens is 316 g/mol. The molecule has 0 saturated heterocycles. The summed E-state index contributed by atoms with van der Waals surface area (Å²) in [5.74, 6) is 0. The summed E-state index contributed by atoms with van der Waals surface area (Å²) in [6.45, 7) is 13.5. The highest BCUT2D eigenvalue weighted by Gasteiger charge is 2.13. The lowest BCUT2D eigenvalue weighted by Crippen LogP contribution is -2.10. The van der Waals surface area contributed by atoms with E-state index in [1.807, 2.05) is 0 Å². The topological polar surface area (TPSA) is 0 Å². The van der Waals surface area contributed by atoms with Crippen LogP contribution >= 0.6 is 23.1 Å². The lowest BCUT2D eigenvalue weighted by atomic mass is 9.87. The summed E-state index contributed by atoms with van der Waals surface area (Å²) < 4.78 is 2.26. The van der Waals surface area contributed by atoms with Crippen LogP contribution in [0.5, 0.6) is 0 Å². The lowest BCUT2D eigenvalue weighted by Gasteiger charge is -2.19. The molecule has 0 aliphatic heterocycles. The molecule has 0 atom stereocenters. The van der Waals surface area contributed by atoms with Gasteiger partial charge in [-0.25, -0.2) is 0 Å². The Bertz CT molecular complexity index is 651. The molecular formula is C21H28S2. The molecule has 0 saturated carbocycles. The van der Waals surface area contributed by atoms with Gasteiger partial charge in [0, 0.05) is 9.59 Å². The molecule has 2 heteroatoms. The van der Waals surface area contributed by atoms with Gasteiger partial charge in [-0.1, -0.05) is 77.6 Å². The Labute approximate surface area is 149 Å². The molecule has 2 aromatic rings. The van der Waals surface area contributed by atoms with E-state index in [0.717, 1.165) is 0 Å². The summed E-state index contributed by atoms with van der Waals surface area (Å²) in [6.07, 6.45) is 0. The molecule has 0 aliphatic carbocycles. The lowest BCUT2D eigenvalue weighted by molar-refractivity contribution is 0.589. The Morgan fingerprint density at radius 1 is 0.696 bits per heavy atom. The average Bonchev–Trinajstić information content (AvgIpc) is 2.46. The first kappa shape index (κ1) is 18.4. The molecule has 0 unspecified atom stereocenters. The highest BCUT2D eigenvalue weighted by molar-refractivity contribution is 8.25. The van der Waals surface area contributed by atoms with E-state index in [2.05, 4.69) is 94.8 Å². The fourth-order valence-electron chi connectivity index (χ4n) is 2.23. The van der Waals surface area contributed by atoms with Gasteiger partial charge in [-0.2, -0.15) is 11.4 Å². The van der Waals surface area contributed by atoms with Crippen molar-refractivity contribution in [3.63, 3.8) is 0 Å². The predicted molar refractivity (Wildman–Crippen MR) is 109 cm³/mol. The van der Waals surface area contributed by atoms with Crippen LogP contribution in [0.1, 0.15) is 52.7 Å². The molecule has 0 amide bonds. The van der Waals surface area contributed by atoms with Crippen molar-refractivity contribution in [1.29, 1.82) is 0 Å². The van der Waals surface area contributed by atoms with Crippen LogP contribution in [0, 0.1) is 0 Å². The van der Waals surface area contributed by atoms with E-state index in [9.17, 15) is 0 Å². The van der Waals surface area contributed by atoms with Crippen molar-refractivity contribution in [2.24, 2.45) is 0 Å². The number of hydrogen-bond acceptors (Lipinski definition) is 1. The maximum Gasteiger partial charge on any atom is 0.0121 e. The molecule has 124 valence electrons. The molecule has 0 fully saturated rings. The Kier molecular flexibility index (Phi) is 5.80. The quantitative estimate of drug-likeness (QED) is 0.369. The third kappa shape index (κ3) is 5.54. The molecule has 0 heterocycles. The minimum Gasteiger partial charge on any atom is -0.163 e. The predicted octanol–water partition coefficient (Wildman–Crippen LogP) is 6.66. The number of hydrogen-bond donors (Lipinski definition) is 1. The zero-order valence-corrected chi connectivity index (χ0v) is 16.8. The summed E-state index contributed by atoms with van der Waals surface area (Å²) in [7, 11) is 0. The summed E-state index contributed by atoms with van der Waals surface area (Å²) in [4.78, 5) is 2.65. The molecule has 23 heavy (non-hydrogen) atoms. The van der Waals surface area contributed by atoms with Crippen molar-refractivity contribution in [2.45, 2.75) is 62.2 Å². The maximum atomic E-state index is 2.26. The molecule has 2 aromatic carbocycles. The smallest absolute Gasteiger partial charge is 0.0121 e. The van der Waals surface area contributed by atoms with Crippen LogP contribution in [0.25, 0.3) is 0 Å². The van der Waals surface area contributed by atoms with Gasteiger partial charge in [0.15, 0.2) is 0 Å². The van der Waals surface area contributed by atoms with Crippen LogP contribution in [0.15, 0.2) is 58.3 Å². The summed E-state index contributed by atoms with van der Waals surface area (Å²) in [6, 6.07) is 17.9. The standard InChI is InChI=1S/C21H28S2/c1-20(2,3)16-7-11-18(12-8-16)22-15-23-19-13-9-17(10-14-19)21(4,5)6/h7-15,22H,1-6H3. The van der Waals surface area contributed by atoms with Gasteiger partial charge in [-0.3, -0.25) is 0 Å². The minimum absolute atomic E-state index is 0.222. The van der Waals surface area contributed by atoms with Crippen molar-refractivity contribution in [3.8, 4) is 0 Å². The third-order valence-electron chi connectivity index (χ3n) is 3.84. The van der Waals surface area contributed by atoms with E-state index in [-0.39, 0.29) is 10.8 Å². The summed E-state index contributed by atoms with van der Waals surface area (Å²) in [5.41, 5.74) is 3.22. The van der Waals surface area contributed by atoms with E-state index >= 15 is 0 Å². The van der Waals surface area contributed by atoms with Crippen molar-refractivity contribution < 1.29 is 0 Å². The fraction of sp³-hybridized carbons (Fsp3) is 0.381. The Morgan fingerprint density at radius 2 is 1.13 bits per heavy atom. The molecule has 0 aliphatic rings. The molecule has 0 spiro atoms. The molecule has 0 aromatic heterocycles.